The van der Waals surface area contributed by atoms with Crippen LogP contribution in [-0.2, 0) is 101 Å². The zero-order valence-corrected chi connectivity index (χ0v) is 27.1. The molecule has 0 aromatic heterocycles. The van der Waals surface area contributed by atoms with Crippen molar-refractivity contribution in [1.29, 1.82) is 0 Å². The predicted molar refractivity (Wildman–Crippen MR) is 138 cm³/mol. The van der Waals surface area contributed by atoms with Crippen LogP contribution in [0.1, 0.15) is 20.8 Å². The highest BCUT2D eigenvalue weighted by molar-refractivity contribution is 7.81. The third-order valence-electron chi connectivity index (χ3n) is 5.80. The van der Waals surface area contributed by atoms with E-state index in [2.05, 4.69) is 17.3 Å². The molecule has 2 aliphatic heterocycles. The third kappa shape index (κ3) is 12.4. The second kappa shape index (κ2) is 16.2. The highest BCUT2D eigenvalue weighted by atomic mass is 32.3. The van der Waals surface area contributed by atoms with Crippen LogP contribution in [0.15, 0.2) is 0 Å². The third-order valence-corrected chi connectivity index (χ3v) is 7.19. The van der Waals surface area contributed by atoms with Gasteiger partial charge in [-0.05, 0) is 0 Å². The van der Waals surface area contributed by atoms with E-state index in [-0.39, 0.29) is 0 Å². The van der Waals surface area contributed by atoms with E-state index in [1.54, 1.807) is 0 Å². The van der Waals surface area contributed by atoms with E-state index < -0.39 is 123 Å². The Kier molecular flexibility index (Phi) is 13.9. The van der Waals surface area contributed by atoms with Gasteiger partial charge in [-0.3, -0.25) is 28.0 Å². The van der Waals surface area contributed by atoms with Crippen molar-refractivity contribution in [2.24, 2.45) is 0 Å². The maximum Gasteiger partial charge on any atom is 0.397 e. The van der Waals surface area contributed by atoms with Crippen molar-refractivity contribution in [3.05, 3.63) is 0 Å². The van der Waals surface area contributed by atoms with Crippen molar-refractivity contribution in [2.45, 2.75) is 82.2 Å². The SMILES string of the molecule is COC(=O)[C@H]1O[C@H](OC)[C@H](OS(=O)(=O)O)[C@@H](OC(C)=O)[C@@H]1O[C@H]1O[C@H](COC(C)=O)[C@@H](OC(C)=O)[C@H](OS(=O)(=O)O)[C@H]1OS(=O)(=O)O. The Bertz CT molecular complexity index is 1470. The largest absolute Gasteiger partial charge is 0.467 e. The molecule has 27 heteroatoms. The molecule has 2 heterocycles. The summed E-state index contributed by atoms with van der Waals surface area (Å²) in [6.45, 7) is 1.51. The fraction of sp³-hybridized carbons (Fsp3) is 0.800. The van der Waals surface area contributed by atoms with E-state index in [1.807, 2.05) is 0 Å². The first-order valence-corrected chi connectivity index (χ1v) is 16.6. The minimum Gasteiger partial charge on any atom is -0.467 e. The van der Waals surface area contributed by atoms with Gasteiger partial charge in [-0.1, -0.05) is 0 Å². The summed E-state index contributed by atoms with van der Waals surface area (Å²) in [5.74, 6) is -4.80. The lowest BCUT2D eigenvalue weighted by molar-refractivity contribution is -0.347. The minimum atomic E-state index is -5.70. The van der Waals surface area contributed by atoms with Gasteiger partial charge in [-0.2, -0.15) is 25.3 Å². The lowest BCUT2D eigenvalue weighted by atomic mass is 9.96. The molecule has 3 N–H and O–H groups in total. The smallest absolute Gasteiger partial charge is 0.397 e. The molecule has 2 rings (SSSR count). The normalized spacial score (nSPS) is 31.7. The second-order valence-corrected chi connectivity index (χ2v) is 12.4. The van der Waals surface area contributed by atoms with Crippen molar-refractivity contribution >= 4 is 55.1 Å². The molecule has 24 nitrogen and oxygen atoms in total. The maximum atomic E-state index is 12.8. The van der Waals surface area contributed by atoms with Gasteiger partial charge in [0.15, 0.2) is 49.2 Å². The molecule has 0 aromatic carbocycles. The Morgan fingerprint density at radius 2 is 1.09 bits per heavy atom. The van der Waals surface area contributed by atoms with Crippen molar-refractivity contribution in [2.75, 3.05) is 20.8 Å². The van der Waals surface area contributed by atoms with E-state index in [0.29, 0.717) is 0 Å². The number of rotatable bonds is 14. The Labute approximate surface area is 266 Å². The topological polar surface area (TPSA) is 333 Å². The molecule has 0 bridgehead atoms. The van der Waals surface area contributed by atoms with Crippen LogP contribution in [0.25, 0.3) is 0 Å². The van der Waals surface area contributed by atoms with Crippen molar-refractivity contribution in [3.8, 4) is 0 Å². The van der Waals surface area contributed by atoms with E-state index in [0.717, 1.165) is 35.0 Å². The minimum absolute atomic E-state index is 0.778. The summed E-state index contributed by atoms with van der Waals surface area (Å²) in [4.78, 5) is 48.3. The van der Waals surface area contributed by atoms with Crippen LogP contribution in [-0.4, -0.2) is 145 Å². The van der Waals surface area contributed by atoms with Gasteiger partial charge < -0.3 is 37.9 Å². The highest BCUT2D eigenvalue weighted by Gasteiger charge is 2.59. The first kappa shape index (κ1) is 40.5. The van der Waals surface area contributed by atoms with Crippen LogP contribution in [0.4, 0.5) is 0 Å². The Morgan fingerprint density at radius 1 is 0.617 bits per heavy atom. The highest BCUT2D eigenvalue weighted by Crippen LogP contribution is 2.36. The van der Waals surface area contributed by atoms with Crippen molar-refractivity contribution < 1.29 is 109 Å². The summed E-state index contributed by atoms with van der Waals surface area (Å²) in [7, 11) is -15.1. The van der Waals surface area contributed by atoms with E-state index in [4.69, 9.17) is 33.2 Å². The fourth-order valence-corrected chi connectivity index (χ4v) is 5.79. The van der Waals surface area contributed by atoms with Gasteiger partial charge in [0.1, 0.15) is 18.8 Å². The van der Waals surface area contributed by atoms with E-state index in [9.17, 15) is 58.1 Å². The molecular weight excluding hydrogens is 720 g/mol. The van der Waals surface area contributed by atoms with E-state index in [1.165, 1.54) is 0 Å². The van der Waals surface area contributed by atoms with Gasteiger partial charge >= 0.3 is 55.1 Å². The molecule has 0 aliphatic carbocycles. The average molecular weight is 751 g/mol. The Balaban J connectivity index is 2.83. The van der Waals surface area contributed by atoms with Crippen LogP contribution in [0.5, 0.6) is 0 Å². The maximum absolute atomic E-state index is 12.8. The number of ether oxygens (including phenoxy) is 8. The summed E-state index contributed by atoms with van der Waals surface area (Å²) in [5, 5.41) is 0. The molecule has 0 saturated carbocycles. The Morgan fingerprint density at radius 3 is 1.51 bits per heavy atom. The van der Waals surface area contributed by atoms with Crippen LogP contribution in [0.2, 0.25) is 0 Å². The molecule has 0 aromatic rings. The summed E-state index contributed by atoms with van der Waals surface area (Å²) in [5.41, 5.74) is 0. The molecule has 2 aliphatic rings. The first-order valence-electron chi connectivity index (χ1n) is 12.5. The van der Waals surface area contributed by atoms with Crippen LogP contribution in [0.3, 0.4) is 0 Å². The molecule has 0 unspecified atom stereocenters. The fourth-order valence-electron chi connectivity index (χ4n) is 4.33. The molecule has 0 radical (unpaired) electrons. The van der Waals surface area contributed by atoms with Gasteiger partial charge in [0, 0.05) is 27.9 Å². The van der Waals surface area contributed by atoms with Gasteiger partial charge in [-0.25, -0.2) is 17.3 Å². The molecule has 10 atom stereocenters. The number of carbonyl (C=O) groups is 4. The average Bonchev–Trinajstić information content (AvgIpc) is 2.89. The molecule has 0 spiro atoms. The monoisotopic (exact) mass is 750 g/mol. The quantitative estimate of drug-likeness (QED) is 0.0886. The lowest BCUT2D eigenvalue weighted by Gasteiger charge is -2.47. The number of hydrogen-bond donors (Lipinski definition) is 3. The number of hydrogen-bond acceptors (Lipinski definition) is 21. The van der Waals surface area contributed by atoms with E-state index >= 15 is 0 Å². The van der Waals surface area contributed by atoms with Crippen LogP contribution in [0, 0.1) is 0 Å². The summed E-state index contributed by atoms with van der Waals surface area (Å²) < 4.78 is 154. The summed E-state index contributed by atoms with van der Waals surface area (Å²) >= 11 is 0. The van der Waals surface area contributed by atoms with Gasteiger partial charge in [0.2, 0.25) is 0 Å². The molecule has 47 heavy (non-hydrogen) atoms. The Hall–Kier alpha value is -2.67. The zero-order chi connectivity index (χ0) is 36.1. The predicted octanol–water partition coefficient (Wildman–Crippen LogP) is -3.37. The number of carbonyl (C=O) groups excluding carboxylic acids is 4. The molecule has 2 fully saturated rings. The summed E-state index contributed by atoms with van der Waals surface area (Å²) in [6, 6.07) is 0. The lowest BCUT2D eigenvalue weighted by Crippen LogP contribution is -2.67. The van der Waals surface area contributed by atoms with Gasteiger partial charge in [0.25, 0.3) is 0 Å². The van der Waals surface area contributed by atoms with Gasteiger partial charge in [-0.15, -0.1) is 0 Å². The molecule has 0 amide bonds. The standard InChI is InChI=1S/C20H30O24S3/c1-7(21)36-6-10-11(37-8(2)22)14(42-45(25,26)27)17(44-47(31,32)33)20(39-10)40-12-13(38-9(3)23)16(43-46(28,29)30)19(35-5)41-15(12)18(24)34-4/h10-17,19-20H,6H2,1-5H3,(H,25,26,27)(H,28,29,30)(H,31,32,33)/t10-,11-,12+,13+,14+,15+,16-,17-,19+,20-/m1/s1. The van der Waals surface area contributed by atoms with Crippen molar-refractivity contribution in [3.63, 3.8) is 0 Å². The van der Waals surface area contributed by atoms with Gasteiger partial charge in [0.05, 0.1) is 7.11 Å². The van der Waals surface area contributed by atoms with Crippen molar-refractivity contribution in [1.82, 2.24) is 0 Å². The molecular formula is C20H30O24S3. The first-order chi connectivity index (χ1) is 21.5. The second-order valence-electron chi connectivity index (χ2n) is 9.24. The number of esters is 4. The van der Waals surface area contributed by atoms with Crippen LogP contribution >= 0.6 is 0 Å². The molecule has 272 valence electrons. The zero-order valence-electron chi connectivity index (χ0n) is 24.6. The summed E-state index contributed by atoms with van der Waals surface area (Å²) in [6.07, 6.45) is -22.7. The van der Waals surface area contributed by atoms with Crippen LogP contribution < -0.4 is 0 Å². The number of methoxy groups -OCH3 is 2. The molecule has 2 saturated heterocycles.